The highest BCUT2D eigenvalue weighted by molar-refractivity contribution is 6.30. The third-order valence-electron chi connectivity index (χ3n) is 5.59. The van der Waals surface area contributed by atoms with E-state index in [9.17, 15) is 22.8 Å². The molecule has 1 heterocycles. The minimum Gasteiger partial charge on any atom is -0.349 e. The van der Waals surface area contributed by atoms with Crippen molar-refractivity contribution in [3.63, 3.8) is 0 Å². The molecular formula is C23H24ClF3N2O2. The second kappa shape index (κ2) is 9.73. The van der Waals surface area contributed by atoms with E-state index in [-0.39, 0.29) is 29.3 Å². The number of hydrogen-bond acceptors (Lipinski definition) is 2. The maximum atomic E-state index is 12.7. The summed E-state index contributed by atoms with van der Waals surface area (Å²) in [6.07, 6.45) is -2.71. The lowest BCUT2D eigenvalue weighted by Gasteiger charge is -2.32. The summed E-state index contributed by atoms with van der Waals surface area (Å²) < 4.78 is 38.1. The van der Waals surface area contributed by atoms with Crippen LogP contribution < -0.4 is 5.32 Å². The lowest BCUT2D eigenvalue weighted by Crippen LogP contribution is -2.43. The number of likely N-dealkylation sites (tertiary alicyclic amines) is 1. The van der Waals surface area contributed by atoms with Gasteiger partial charge < -0.3 is 10.2 Å². The number of alkyl halides is 3. The molecular weight excluding hydrogens is 429 g/mol. The van der Waals surface area contributed by atoms with Crippen molar-refractivity contribution in [2.24, 2.45) is 5.92 Å². The van der Waals surface area contributed by atoms with E-state index in [2.05, 4.69) is 5.32 Å². The molecule has 2 aromatic carbocycles. The summed E-state index contributed by atoms with van der Waals surface area (Å²) in [5.74, 6) is -0.601. The summed E-state index contributed by atoms with van der Waals surface area (Å²) in [5, 5.41) is 3.68. The van der Waals surface area contributed by atoms with Gasteiger partial charge in [0.2, 0.25) is 5.91 Å². The average Bonchev–Trinajstić information content (AvgIpc) is 2.76. The van der Waals surface area contributed by atoms with Gasteiger partial charge in [0.1, 0.15) is 0 Å². The van der Waals surface area contributed by atoms with Crippen LogP contribution in [0.15, 0.2) is 48.5 Å². The second-order valence-corrected chi connectivity index (χ2v) is 8.10. The predicted octanol–water partition coefficient (Wildman–Crippen LogP) is 5.48. The van der Waals surface area contributed by atoms with Crippen molar-refractivity contribution in [2.45, 2.75) is 38.4 Å². The van der Waals surface area contributed by atoms with Crippen LogP contribution in [0.2, 0.25) is 5.02 Å². The van der Waals surface area contributed by atoms with E-state index >= 15 is 0 Å². The summed E-state index contributed by atoms with van der Waals surface area (Å²) in [4.78, 5) is 26.9. The molecule has 2 amide bonds. The quantitative estimate of drug-likeness (QED) is 0.653. The van der Waals surface area contributed by atoms with Gasteiger partial charge >= 0.3 is 6.18 Å². The number of amides is 2. The average molecular weight is 453 g/mol. The fourth-order valence-electron chi connectivity index (χ4n) is 3.76. The summed E-state index contributed by atoms with van der Waals surface area (Å²) >= 11 is 6.05. The van der Waals surface area contributed by atoms with E-state index in [1.807, 2.05) is 25.1 Å². The lowest BCUT2D eigenvalue weighted by atomic mass is 9.94. The van der Waals surface area contributed by atoms with E-state index in [0.717, 1.165) is 24.1 Å². The van der Waals surface area contributed by atoms with Gasteiger partial charge in [-0.3, -0.25) is 9.59 Å². The van der Waals surface area contributed by atoms with Crippen LogP contribution in [-0.2, 0) is 11.0 Å². The molecule has 3 rings (SSSR count). The molecule has 166 valence electrons. The second-order valence-electron chi connectivity index (χ2n) is 7.67. The Morgan fingerprint density at radius 2 is 1.77 bits per heavy atom. The predicted molar refractivity (Wildman–Crippen MR) is 113 cm³/mol. The van der Waals surface area contributed by atoms with Crippen LogP contribution in [0.3, 0.4) is 0 Å². The third kappa shape index (κ3) is 5.79. The van der Waals surface area contributed by atoms with Gasteiger partial charge in [-0.1, -0.05) is 30.7 Å². The van der Waals surface area contributed by atoms with E-state index in [1.165, 1.54) is 12.1 Å². The number of nitrogens with one attached hydrogen (secondary N) is 1. The topological polar surface area (TPSA) is 49.4 Å². The van der Waals surface area contributed by atoms with Crippen LogP contribution in [0.5, 0.6) is 0 Å². The Morgan fingerprint density at radius 3 is 2.32 bits per heavy atom. The SMILES string of the molecule is CCC(NC(=O)C1CCN(C(=O)c2ccc(C(F)(F)F)cc2)CC1)c1cccc(Cl)c1. The van der Waals surface area contributed by atoms with Crippen molar-refractivity contribution in [3.8, 4) is 0 Å². The molecule has 0 radical (unpaired) electrons. The van der Waals surface area contributed by atoms with Crippen LogP contribution in [0.1, 0.15) is 53.7 Å². The normalized spacial score (nSPS) is 16.1. The number of carbonyl (C=O) groups excluding carboxylic acids is 2. The minimum absolute atomic E-state index is 0.0616. The van der Waals surface area contributed by atoms with Gasteiger partial charge in [0.25, 0.3) is 5.91 Å². The van der Waals surface area contributed by atoms with Gasteiger partial charge in [-0.25, -0.2) is 0 Å². The number of rotatable bonds is 5. The monoisotopic (exact) mass is 452 g/mol. The van der Waals surface area contributed by atoms with Crippen LogP contribution in [0, 0.1) is 5.92 Å². The fraction of sp³-hybridized carbons (Fsp3) is 0.391. The molecule has 0 bridgehead atoms. The van der Waals surface area contributed by atoms with Crippen LogP contribution >= 0.6 is 11.6 Å². The molecule has 1 fully saturated rings. The molecule has 31 heavy (non-hydrogen) atoms. The van der Waals surface area contributed by atoms with Crippen LogP contribution in [-0.4, -0.2) is 29.8 Å². The lowest BCUT2D eigenvalue weighted by molar-refractivity contribution is -0.137. The molecule has 1 N–H and O–H groups in total. The Labute approximate surface area is 184 Å². The number of carbonyl (C=O) groups is 2. The maximum absolute atomic E-state index is 12.7. The van der Waals surface area contributed by atoms with E-state index in [1.54, 1.807) is 11.0 Å². The molecule has 1 aliphatic rings. The summed E-state index contributed by atoms with van der Waals surface area (Å²) in [6.45, 7) is 2.75. The Balaban J connectivity index is 1.56. The van der Waals surface area contributed by atoms with Crippen molar-refractivity contribution < 1.29 is 22.8 Å². The highest BCUT2D eigenvalue weighted by Gasteiger charge is 2.32. The molecule has 1 unspecified atom stereocenters. The zero-order valence-corrected chi connectivity index (χ0v) is 17.8. The number of benzene rings is 2. The van der Waals surface area contributed by atoms with E-state index in [4.69, 9.17) is 11.6 Å². The highest BCUT2D eigenvalue weighted by atomic mass is 35.5. The Hall–Kier alpha value is -2.54. The molecule has 1 saturated heterocycles. The molecule has 0 saturated carbocycles. The van der Waals surface area contributed by atoms with Crippen molar-refractivity contribution in [3.05, 3.63) is 70.2 Å². The zero-order valence-electron chi connectivity index (χ0n) is 17.1. The Morgan fingerprint density at radius 1 is 1.13 bits per heavy atom. The van der Waals surface area contributed by atoms with Crippen molar-refractivity contribution in [1.29, 1.82) is 0 Å². The minimum atomic E-state index is -4.44. The first-order valence-electron chi connectivity index (χ1n) is 10.2. The first-order valence-corrected chi connectivity index (χ1v) is 10.6. The third-order valence-corrected chi connectivity index (χ3v) is 5.82. The number of piperidine rings is 1. The standard InChI is InChI=1S/C23H24ClF3N2O2/c1-2-20(17-4-3-5-19(24)14-17)28-21(30)15-10-12-29(13-11-15)22(31)16-6-8-18(9-7-16)23(25,26)27/h3-9,14-15,20H,2,10-13H2,1H3,(H,28,30). The van der Waals surface area contributed by atoms with E-state index in [0.29, 0.717) is 31.0 Å². The molecule has 2 aromatic rings. The molecule has 1 aliphatic heterocycles. The molecule has 0 aromatic heterocycles. The van der Waals surface area contributed by atoms with Gasteiger partial charge in [0.05, 0.1) is 11.6 Å². The number of halogens is 4. The maximum Gasteiger partial charge on any atom is 0.416 e. The van der Waals surface area contributed by atoms with Crippen LogP contribution in [0.25, 0.3) is 0 Å². The van der Waals surface area contributed by atoms with Gasteiger partial charge in [-0.2, -0.15) is 13.2 Å². The van der Waals surface area contributed by atoms with E-state index < -0.39 is 11.7 Å². The largest absolute Gasteiger partial charge is 0.416 e. The van der Waals surface area contributed by atoms with Gasteiger partial charge in [-0.15, -0.1) is 0 Å². The first-order chi connectivity index (χ1) is 14.7. The fourth-order valence-corrected chi connectivity index (χ4v) is 3.96. The van der Waals surface area contributed by atoms with Gasteiger partial charge in [0.15, 0.2) is 0 Å². The Bertz CT molecular complexity index is 923. The molecule has 4 nitrogen and oxygen atoms in total. The number of nitrogens with zero attached hydrogens (tertiary/aromatic N) is 1. The van der Waals surface area contributed by atoms with Gasteiger partial charge in [0, 0.05) is 29.6 Å². The van der Waals surface area contributed by atoms with Crippen LogP contribution in [0.4, 0.5) is 13.2 Å². The van der Waals surface area contributed by atoms with Crippen molar-refractivity contribution >= 4 is 23.4 Å². The first kappa shape index (κ1) is 23.1. The van der Waals surface area contributed by atoms with Crippen molar-refractivity contribution in [2.75, 3.05) is 13.1 Å². The summed E-state index contributed by atoms with van der Waals surface area (Å²) in [6, 6.07) is 11.5. The van der Waals surface area contributed by atoms with Crippen molar-refractivity contribution in [1.82, 2.24) is 10.2 Å². The smallest absolute Gasteiger partial charge is 0.349 e. The molecule has 0 aliphatic carbocycles. The zero-order chi connectivity index (χ0) is 22.6. The highest BCUT2D eigenvalue weighted by Crippen LogP contribution is 2.29. The Kier molecular flexibility index (Phi) is 7.26. The summed E-state index contributed by atoms with van der Waals surface area (Å²) in [5.41, 5.74) is 0.366. The summed E-state index contributed by atoms with van der Waals surface area (Å²) in [7, 11) is 0. The molecule has 8 heteroatoms. The number of hydrogen-bond donors (Lipinski definition) is 1. The molecule has 0 spiro atoms. The van der Waals surface area contributed by atoms with Gasteiger partial charge in [-0.05, 0) is 61.2 Å². The molecule has 1 atom stereocenters.